The highest BCUT2D eigenvalue weighted by molar-refractivity contribution is 5.91. The third kappa shape index (κ3) is 3.82. The van der Waals surface area contributed by atoms with E-state index in [0.29, 0.717) is 11.8 Å². The summed E-state index contributed by atoms with van der Waals surface area (Å²) in [6, 6.07) is 4.15. The van der Waals surface area contributed by atoms with Crippen molar-refractivity contribution in [2.24, 2.45) is 23.7 Å². The average molecular weight is 381 g/mol. The standard InChI is InChI=1S/C20H22F3NO3/c21-20(22,23)16-3-1-2-13(9-16)19(26)27-10-17(25)24-18-14-5-11-4-12(7-14)8-15(18)6-11/h1-3,9,11-12,14-15,18H,4-8,10H2,(H,24,25). The lowest BCUT2D eigenvalue weighted by molar-refractivity contribution is -0.137. The molecule has 4 aliphatic rings. The third-order valence-corrected chi connectivity index (χ3v) is 6.31. The summed E-state index contributed by atoms with van der Waals surface area (Å²) >= 11 is 0. The Morgan fingerprint density at radius 3 is 2.26 bits per heavy atom. The molecule has 1 aromatic carbocycles. The van der Waals surface area contributed by atoms with Crippen LogP contribution in [0.5, 0.6) is 0 Å². The van der Waals surface area contributed by atoms with Crippen LogP contribution < -0.4 is 5.32 Å². The molecule has 0 aliphatic heterocycles. The highest BCUT2D eigenvalue weighted by Gasteiger charge is 2.48. The molecule has 0 unspecified atom stereocenters. The Balaban J connectivity index is 1.31. The molecule has 0 radical (unpaired) electrons. The highest BCUT2D eigenvalue weighted by atomic mass is 19.4. The van der Waals surface area contributed by atoms with Gasteiger partial charge in [-0.2, -0.15) is 13.2 Å². The maximum absolute atomic E-state index is 12.7. The van der Waals surface area contributed by atoms with E-state index in [2.05, 4.69) is 5.32 Å². The van der Waals surface area contributed by atoms with Crippen LogP contribution in [0.25, 0.3) is 0 Å². The molecule has 0 aromatic heterocycles. The predicted molar refractivity (Wildman–Crippen MR) is 90.7 cm³/mol. The number of amides is 1. The Labute approximate surface area is 155 Å². The molecule has 27 heavy (non-hydrogen) atoms. The lowest BCUT2D eigenvalue weighted by Crippen LogP contribution is -2.56. The second kappa shape index (κ2) is 6.84. The van der Waals surface area contributed by atoms with Crippen LogP contribution in [-0.2, 0) is 15.7 Å². The SMILES string of the molecule is O=C(COC(=O)c1cccc(C(F)(F)F)c1)NC1C2CC3CC(C2)CC1C3. The van der Waals surface area contributed by atoms with E-state index in [1.807, 2.05) is 0 Å². The number of benzene rings is 1. The molecule has 0 spiro atoms. The van der Waals surface area contributed by atoms with Gasteiger partial charge in [0.1, 0.15) is 0 Å². The predicted octanol–water partition coefficient (Wildman–Crippen LogP) is 3.80. The van der Waals surface area contributed by atoms with Crippen molar-refractivity contribution >= 4 is 11.9 Å². The van der Waals surface area contributed by atoms with Gasteiger partial charge in [0.15, 0.2) is 6.61 Å². The number of carbonyl (C=O) groups is 2. The number of alkyl halides is 3. The number of carbonyl (C=O) groups excluding carboxylic acids is 2. The van der Waals surface area contributed by atoms with Gasteiger partial charge >= 0.3 is 12.1 Å². The summed E-state index contributed by atoms with van der Waals surface area (Å²) in [5.41, 5.74) is -1.14. The first-order chi connectivity index (χ1) is 12.8. The van der Waals surface area contributed by atoms with Gasteiger partial charge in [0.05, 0.1) is 11.1 Å². The van der Waals surface area contributed by atoms with Crippen LogP contribution in [-0.4, -0.2) is 24.5 Å². The molecule has 0 heterocycles. The first-order valence-electron chi connectivity index (χ1n) is 9.43. The minimum absolute atomic E-state index is 0.137. The molecule has 1 N–H and O–H groups in total. The van der Waals surface area contributed by atoms with Crippen molar-refractivity contribution in [3.8, 4) is 0 Å². The van der Waals surface area contributed by atoms with Crippen molar-refractivity contribution in [1.82, 2.24) is 5.32 Å². The van der Waals surface area contributed by atoms with E-state index in [9.17, 15) is 22.8 Å². The minimum atomic E-state index is -4.53. The molecule has 4 saturated carbocycles. The summed E-state index contributed by atoms with van der Waals surface area (Å²) in [6.07, 6.45) is 1.41. The van der Waals surface area contributed by atoms with Gasteiger partial charge in [0.2, 0.25) is 0 Å². The molecule has 7 heteroatoms. The van der Waals surface area contributed by atoms with E-state index in [0.717, 1.165) is 55.7 Å². The monoisotopic (exact) mass is 381 g/mol. The molecule has 4 aliphatic carbocycles. The van der Waals surface area contributed by atoms with Crippen LogP contribution in [0.15, 0.2) is 24.3 Å². The number of ether oxygens (including phenoxy) is 1. The largest absolute Gasteiger partial charge is 0.452 e. The van der Waals surface area contributed by atoms with E-state index < -0.39 is 24.3 Å². The summed E-state index contributed by atoms with van der Waals surface area (Å²) in [5.74, 6) is 1.28. The molecule has 0 saturated heterocycles. The maximum atomic E-state index is 12.7. The normalized spacial score (nSPS) is 31.6. The van der Waals surface area contributed by atoms with Crippen LogP contribution >= 0.6 is 0 Å². The molecule has 4 bridgehead atoms. The molecule has 5 rings (SSSR count). The molecule has 146 valence electrons. The van der Waals surface area contributed by atoms with Crippen molar-refractivity contribution in [2.45, 2.75) is 44.3 Å². The second-order valence-electron chi connectivity index (χ2n) is 8.18. The zero-order chi connectivity index (χ0) is 19.2. The van der Waals surface area contributed by atoms with E-state index in [1.165, 1.54) is 12.5 Å². The Morgan fingerprint density at radius 2 is 1.67 bits per heavy atom. The number of halogens is 3. The van der Waals surface area contributed by atoms with Crippen molar-refractivity contribution in [2.75, 3.05) is 6.61 Å². The fourth-order valence-corrected chi connectivity index (χ4v) is 5.43. The van der Waals surface area contributed by atoms with Gasteiger partial charge in [-0.3, -0.25) is 4.79 Å². The molecule has 4 fully saturated rings. The van der Waals surface area contributed by atoms with E-state index in [1.54, 1.807) is 0 Å². The fourth-order valence-electron chi connectivity index (χ4n) is 5.43. The smallest absolute Gasteiger partial charge is 0.416 e. The number of rotatable bonds is 4. The Morgan fingerprint density at radius 1 is 1.04 bits per heavy atom. The van der Waals surface area contributed by atoms with Gasteiger partial charge < -0.3 is 10.1 Å². The van der Waals surface area contributed by atoms with Crippen LogP contribution in [0.4, 0.5) is 13.2 Å². The lowest BCUT2D eigenvalue weighted by Gasteiger charge is -2.54. The Kier molecular flexibility index (Phi) is 4.64. The topological polar surface area (TPSA) is 55.4 Å². The number of hydrogen-bond donors (Lipinski definition) is 1. The third-order valence-electron chi connectivity index (χ3n) is 6.31. The number of nitrogens with one attached hydrogen (secondary N) is 1. The maximum Gasteiger partial charge on any atom is 0.416 e. The summed E-state index contributed by atoms with van der Waals surface area (Å²) in [4.78, 5) is 24.2. The summed E-state index contributed by atoms with van der Waals surface area (Å²) in [7, 11) is 0. The molecule has 1 aromatic rings. The molecular formula is C20H22F3NO3. The zero-order valence-electron chi connectivity index (χ0n) is 14.8. The summed E-state index contributed by atoms with van der Waals surface area (Å²) < 4.78 is 43.1. The van der Waals surface area contributed by atoms with Gasteiger partial charge in [0.25, 0.3) is 5.91 Å². The quantitative estimate of drug-likeness (QED) is 0.807. The van der Waals surface area contributed by atoms with Crippen LogP contribution in [0.2, 0.25) is 0 Å². The molecule has 0 atom stereocenters. The zero-order valence-corrected chi connectivity index (χ0v) is 14.8. The minimum Gasteiger partial charge on any atom is -0.452 e. The first-order valence-corrected chi connectivity index (χ1v) is 9.43. The Hall–Kier alpha value is -2.05. The van der Waals surface area contributed by atoms with Gasteiger partial charge in [0, 0.05) is 6.04 Å². The number of hydrogen-bond acceptors (Lipinski definition) is 3. The molecule has 4 nitrogen and oxygen atoms in total. The molecular weight excluding hydrogens is 359 g/mol. The van der Waals surface area contributed by atoms with Crippen molar-refractivity contribution in [3.63, 3.8) is 0 Å². The molecule has 1 amide bonds. The van der Waals surface area contributed by atoms with Crippen LogP contribution in [0, 0.1) is 23.7 Å². The van der Waals surface area contributed by atoms with Crippen molar-refractivity contribution in [3.05, 3.63) is 35.4 Å². The fraction of sp³-hybridized carbons (Fsp3) is 0.600. The lowest BCUT2D eigenvalue weighted by atomic mass is 9.54. The van der Waals surface area contributed by atoms with Gasteiger partial charge in [-0.25, -0.2) is 4.79 Å². The highest BCUT2D eigenvalue weighted by Crippen LogP contribution is 2.53. The Bertz CT molecular complexity index is 718. The first kappa shape index (κ1) is 18.3. The summed E-state index contributed by atoms with van der Waals surface area (Å²) in [5, 5.41) is 3.01. The van der Waals surface area contributed by atoms with Gasteiger partial charge in [-0.15, -0.1) is 0 Å². The van der Waals surface area contributed by atoms with E-state index in [4.69, 9.17) is 4.74 Å². The van der Waals surface area contributed by atoms with Crippen LogP contribution in [0.1, 0.15) is 48.0 Å². The second-order valence-corrected chi connectivity index (χ2v) is 8.18. The average Bonchev–Trinajstić information content (AvgIpc) is 2.61. The van der Waals surface area contributed by atoms with E-state index in [-0.39, 0.29) is 17.5 Å². The summed E-state index contributed by atoms with van der Waals surface area (Å²) in [6.45, 7) is -0.474. The van der Waals surface area contributed by atoms with Crippen LogP contribution in [0.3, 0.4) is 0 Å². The van der Waals surface area contributed by atoms with Gasteiger partial charge in [-0.05, 0) is 74.0 Å². The van der Waals surface area contributed by atoms with Crippen molar-refractivity contribution < 1.29 is 27.5 Å². The van der Waals surface area contributed by atoms with Gasteiger partial charge in [-0.1, -0.05) is 6.07 Å². The van der Waals surface area contributed by atoms with E-state index >= 15 is 0 Å². The van der Waals surface area contributed by atoms with Crippen molar-refractivity contribution in [1.29, 1.82) is 0 Å². The number of esters is 1.